The van der Waals surface area contributed by atoms with Gasteiger partial charge in [0.05, 0.1) is 0 Å². The van der Waals surface area contributed by atoms with Crippen molar-refractivity contribution in [1.82, 2.24) is 15.1 Å². The molecule has 1 aromatic rings. The number of anilines is 2. The van der Waals surface area contributed by atoms with Gasteiger partial charge in [0, 0.05) is 32.1 Å². The van der Waals surface area contributed by atoms with Crippen LogP contribution in [0.2, 0.25) is 0 Å². The summed E-state index contributed by atoms with van der Waals surface area (Å²) in [5, 5.41) is 11.3. The molecule has 2 heterocycles. The molecule has 122 valence electrons. The molecule has 0 saturated carbocycles. The van der Waals surface area contributed by atoms with E-state index in [0.717, 1.165) is 51.4 Å². The summed E-state index contributed by atoms with van der Waals surface area (Å²) in [4.78, 5) is 16.7. The second-order valence-electron chi connectivity index (χ2n) is 5.70. The third kappa shape index (κ3) is 4.16. The van der Waals surface area contributed by atoms with Crippen LogP contribution in [0.5, 0.6) is 0 Å². The number of hydrogen-bond acceptors (Lipinski definition) is 5. The molecule has 1 aliphatic heterocycles. The Hall–Kier alpha value is -1.69. The van der Waals surface area contributed by atoms with Crippen LogP contribution in [0.15, 0.2) is 12.1 Å². The normalized spacial score (nSPS) is 16.1. The average molecular weight is 305 g/mol. The van der Waals surface area contributed by atoms with E-state index in [1.54, 1.807) is 0 Å². The Morgan fingerprint density at radius 1 is 1.14 bits per heavy atom. The van der Waals surface area contributed by atoms with E-state index in [9.17, 15) is 4.79 Å². The Labute approximate surface area is 132 Å². The number of carbonyl (C=O) groups excluding carboxylic acids is 1. The summed E-state index contributed by atoms with van der Waals surface area (Å²) in [5.41, 5.74) is 0. The van der Waals surface area contributed by atoms with Crippen LogP contribution in [0.4, 0.5) is 11.6 Å². The first-order valence-electron chi connectivity index (χ1n) is 8.29. The van der Waals surface area contributed by atoms with Gasteiger partial charge in [-0.3, -0.25) is 4.79 Å². The maximum Gasteiger partial charge on any atom is 0.228 e. The smallest absolute Gasteiger partial charge is 0.228 e. The van der Waals surface area contributed by atoms with Gasteiger partial charge in [0.15, 0.2) is 11.6 Å². The minimum Gasteiger partial charge on any atom is -0.353 e. The minimum atomic E-state index is 0.0311. The Kier molecular flexibility index (Phi) is 6.12. The minimum absolute atomic E-state index is 0.0311. The second-order valence-corrected chi connectivity index (χ2v) is 5.70. The van der Waals surface area contributed by atoms with Crippen LogP contribution in [0.1, 0.15) is 33.6 Å². The first-order chi connectivity index (χ1) is 10.7. The third-order valence-electron chi connectivity index (χ3n) is 4.40. The molecule has 1 saturated heterocycles. The molecule has 1 N–H and O–H groups in total. The molecule has 1 fully saturated rings. The van der Waals surface area contributed by atoms with Crippen molar-refractivity contribution in [1.29, 1.82) is 0 Å². The fraction of sp³-hybridized carbons (Fsp3) is 0.688. The van der Waals surface area contributed by atoms with Crippen molar-refractivity contribution in [2.24, 2.45) is 5.92 Å². The van der Waals surface area contributed by atoms with Gasteiger partial charge in [-0.15, -0.1) is 10.2 Å². The molecule has 6 nitrogen and oxygen atoms in total. The van der Waals surface area contributed by atoms with Crippen molar-refractivity contribution in [2.75, 3.05) is 42.9 Å². The van der Waals surface area contributed by atoms with Crippen molar-refractivity contribution in [3.8, 4) is 0 Å². The highest BCUT2D eigenvalue weighted by Gasteiger charge is 2.18. The molecule has 0 atom stereocenters. The number of amides is 1. The second kappa shape index (κ2) is 8.08. The Balaban J connectivity index is 1.92. The molecule has 0 aromatic carbocycles. The number of carbonyl (C=O) groups is 1. The molecule has 1 amide bonds. The fourth-order valence-corrected chi connectivity index (χ4v) is 2.74. The largest absolute Gasteiger partial charge is 0.353 e. The van der Waals surface area contributed by atoms with E-state index in [1.165, 1.54) is 0 Å². The summed E-state index contributed by atoms with van der Waals surface area (Å²) in [7, 11) is 0. The lowest BCUT2D eigenvalue weighted by atomic mass is 10.0. The van der Waals surface area contributed by atoms with Crippen LogP contribution in [-0.4, -0.2) is 53.7 Å². The molecule has 0 aliphatic carbocycles. The van der Waals surface area contributed by atoms with E-state index in [2.05, 4.69) is 32.2 Å². The molecule has 0 radical (unpaired) electrons. The third-order valence-corrected chi connectivity index (χ3v) is 4.40. The lowest BCUT2D eigenvalue weighted by Crippen LogP contribution is -2.46. The van der Waals surface area contributed by atoms with Crippen LogP contribution < -0.4 is 10.2 Å². The Morgan fingerprint density at radius 2 is 1.82 bits per heavy atom. The van der Waals surface area contributed by atoms with Gasteiger partial charge in [0.1, 0.15) is 0 Å². The number of likely N-dealkylation sites (N-methyl/N-ethyl adjacent to an activating group) is 1. The predicted octanol–water partition coefficient (Wildman–Crippen LogP) is 1.99. The topological polar surface area (TPSA) is 61.4 Å². The quantitative estimate of drug-likeness (QED) is 0.871. The van der Waals surface area contributed by atoms with Gasteiger partial charge in [-0.2, -0.15) is 0 Å². The van der Waals surface area contributed by atoms with E-state index < -0.39 is 0 Å². The Bertz CT molecular complexity index is 464. The molecule has 0 spiro atoms. The molecule has 2 rings (SSSR count). The number of piperazine rings is 1. The monoisotopic (exact) mass is 305 g/mol. The highest BCUT2D eigenvalue weighted by molar-refractivity contribution is 5.91. The van der Waals surface area contributed by atoms with E-state index >= 15 is 0 Å². The number of rotatable bonds is 6. The molecular formula is C16H27N5O. The van der Waals surface area contributed by atoms with Crippen LogP contribution >= 0.6 is 0 Å². The zero-order valence-corrected chi connectivity index (χ0v) is 13.9. The standard InChI is InChI=1S/C16H27N5O/c1-4-13(5-2)16(22)17-14-7-8-15(19-18-14)21-11-9-20(6-3)10-12-21/h7-8,13H,4-6,9-12H2,1-3H3,(H,17,18,22). The van der Waals surface area contributed by atoms with Crippen molar-refractivity contribution in [2.45, 2.75) is 33.6 Å². The first kappa shape index (κ1) is 16.7. The zero-order chi connectivity index (χ0) is 15.9. The number of nitrogens with one attached hydrogen (secondary N) is 1. The van der Waals surface area contributed by atoms with Gasteiger partial charge in [0.2, 0.25) is 5.91 Å². The van der Waals surface area contributed by atoms with Gasteiger partial charge in [0.25, 0.3) is 0 Å². The SMILES string of the molecule is CCC(CC)C(=O)Nc1ccc(N2CCN(CC)CC2)nn1. The summed E-state index contributed by atoms with van der Waals surface area (Å²) in [6, 6.07) is 3.78. The van der Waals surface area contributed by atoms with Crippen LogP contribution in [0.3, 0.4) is 0 Å². The van der Waals surface area contributed by atoms with E-state index in [-0.39, 0.29) is 11.8 Å². The lowest BCUT2D eigenvalue weighted by molar-refractivity contribution is -0.120. The number of aromatic nitrogens is 2. The molecule has 6 heteroatoms. The Morgan fingerprint density at radius 3 is 2.32 bits per heavy atom. The van der Waals surface area contributed by atoms with Gasteiger partial charge in [-0.05, 0) is 31.5 Å². The summed E-state index contributed by atoms with van der Waals surface area (Å²) < 4.78 is 0. The van der Waals surface area contributed by atoms with Crippen molar-refractivity contribution >= 4 is 17.5 Å². The van der Waals surface area contributed by atoms with E-state index in [0.29, 0.717) is 5.82 Å². The fourth-order valence-electron chi connectivity index (χ4n) is 2.74. The summed E-state index contributed by atoms with van der Waals surface area (Å²) >= 11 is 0. The van der Waals surface area contributed by atoms with E-state index in [4.69, 9.17) is 0 Å². The maximum atomic E-state index is 12.0. The molecule has 22 heavy (non-hydrogen) atoms. The van der Waals surface area contributed by atoms with Gasteiger partial charge < -0.3 is 15.1 Å². The molecule has 1 aliphatic rings. The number of hydrogen-bond donors (Lipinski definition) is 1. The van der Waals surface area contributed by atoms with Crippen LogP contribution in [-0.2, 0) is 4.79 Å². The van der Waals surface area contributed by atoms with Crippen molar-refractivity contribution in [3.05, 3.63) is 12.1 Å². The highest BCUT2D eigenvalue weighted by Crippen LogP contribution is 2.15. The van der Waals surface area contributed by atoms with Crippen molar-refractivity contribution < 1.29 is 4.79 Å². The molecule has 1 aromatic heterocycles. The maximum absolute atomic E-state index is 12.0. The van der Waals surface area contributed by atoms with Crippen LogP contribution in [0, 0.1) is 5.92 Å². The van der Waals surface area contributed by atoms with Gasteiger partial charge in [-0.1, -0.05) is 20.8 Å². The molecule has 0 bridgehead atoms. The predicted molar refractivity (Wildman–Crippen MR) is 89.1 cm³/mol. The summed E-state index contributed by atoms with van der Waals surface area (Å²) in [5.74, 6) is 1.50. The van der Waals surface area contributed by atoms with Crippen LogP contribution in [0.25, 0.3) is 0 Å². The summed E-state index contributed by atoms with van der Waals surface area (Å²) in [6.07, 6.45) is 1.69. The van der Waals surface area contributed by atoms with E-state index in [1.807, 2.05) is 26.0 Å². The zero-order valence-electron chi connectivity index (χ0n) is 13.9. The first-order valence-corrected chi connectivity index (χ1v) is 8.29. The average Bonchev–Trinajstić information content (AvgIpc) is 2.57. The lowest BCUT2D eigenvalue weighted by Gasteiger charge is -2.34. The highest BCUT2D eigenvalue weighted by atomic mass is 16.1. The van der Waals surface area contributed by atoms with Gasteiger partial charge >= 0.3 is 0 Å². The van der Waals surface area contributed by atoms with Gasteiger partial charge in [-0.25, -0.2) is 0 Å². The number of nitrogens with zero attached hydrogens (tertiary/aromatic N) is 4. The molecular weight excluding hydrogens is 278 g/mol. The van der Waals surface area contributed by atoms with Crippen molar-refractivity contribution in [3.63, 3.8) is 0 Å². The molecule has 0 unspecified atom stereocenters. The summed E-state index contributed by atoms with van der Waals surface area (Å²) in [6.45, 7) is 11.4.